The molecule has 5 nitrogen and oxygen atoms in total. The average Bonchev–Trinajstić information content (AvgIpc) is 2.69. The lowest BCUT2D eigenvalue weighted by Crippen LogP contribution is -2.44. The number of thiophene rings is 1. The minimum absolute atomic E-state index is 0.201. The molecule has 0 radical (unpaired) electrons. The molecular formula is C12H16ClNO4S2. The number of hydrogen-bond donors (Lipinski definition) is 1. The van der Waals surface area contributed by atoms with Crippen LogP contribution in [-0.4, -0.2) is 36.9 Å². The summed E-state index contributed by atoms with van der Waals surface area (Å²) in [7, 11) is -3.57. The van der Waals surface area contributed by atoms with Crippen molar-refractivity contribution in [1.82, 2.24) is 4.31 Å². The van der Waals surface area contributed by atoms with Gasteiger partial charge in [0.2, 0.25) is 0 Å². The van der Waals surface area contributed by atoms with Gasteiger partial charge in [-0.2, -0.15) is 4.31 Å². The molecule has 0 aliphatic carbocycles. The van der Waals surface area contributed by atoms with Gasteiger partial charge in [0, 0.05) is 13.1 Å². The Morgan fingerprint density at radius 2 is 2.20 bits per heavy atom. The fourth-order valence-electron chi connectivity index (χ4n) is 2.38. The second kappa shape index (κ2) is 5.63. The first-order valence-corrected chi connectivity index (χ1v) is 8.86. The van der Waals surface area contributed by atoms with Crippen LogP contribution < -0.4 is 0 Å². The summed E-state index contributed by atoms with van der Waals surface area (Å²) in [5.41, 5.74) is 0.740. The predicted molar refractivity (Wildman–Crippen MR) is 77.7 cm³/mol. The van der Waals surface area contributed by atoms with Gasteiger partial charge in [-0.25, -0.2) is 8.42 Å². The number of aliphatic carboxylic acids is 1. The third-order valence-corrected chi connectivity index (χ3v) is 7.48. The third kappa shape index (κ3) is 2.86. The maximum absolute atomic E-state index is 12.5. The van der Waals surface area contributed by atoms with Crippen molar-refractivity contribution in [2.45, 2.75) is 24.5 Å². The van der Waals surface area contributed by atoms with Crippen LogP contribution in [0.4, 0.5) is 0 Å². The number of piperidine rings is 1. The normalized spacial score (nSPS) is 24.8. The molecule has 1 saturated heterocycles. The van der Waals surface area contributed by atoms with Crippen molar-refractivity contribution in [2.24, 2.45) is 11.8 Å². The van der Waals surface area contributed by atoms with E-state index in [9.17, 15) is 13.2 Å². The lowest BCUT2D eigenvalue weighted by molar-refractivity contribution is -0.144. The molecule has 1 aromatic heterocycles. The fourth-order valence-corrected chi connectivity index (χ4v) is 5.80. The van der Waals surface area contributed by atoms with Crippen LogP contribution in [0.1, 0.15) is 18.9 Å². The van der Waals surface area contributed by atoms with Crippen LogP contribution in [0.5, 0.6) is 0 Å². The Balaban J connectivity index is 2.22. The minimum Gasteiger partial charge on any atom is -0.481 e. The Kier molecular flexibility index (Phi) is 4.44. The Bertz CT molecular complexity index is 606. The molecule has 2 rings (SSSR count). The number of carboxylic acids is 1. The summed E-state index contributed by atoms with van der Waals surface area (Å²) < 4.78 is 27.1. The van der Waals surface area contributed by atoms with Gasteiger partial charge in [-0.3, -0.25) is 4.79 Å². The van der Waals surface area contributed by atoms with Crippen molar-refractivity contribution in [3.05, 3.63) is 16.0 Å². The van der Waals surface area contributed by atoms with Crippen LogP contribution in [0.2, 0.25) is 4.34 Å². The topological polar surface area (TPSA) is 74.7 Å². The van der Waals surface area contributed by atoms with Crippen molar-refractivity contribution >= 4 is 38.9 Å². The Labute approximate surface area is 127 Å². The van der Waals surface area contributed by atoms with Crippen LogP contribution >= 0.6 is 22.9 Å². The summed E-state index contributed by atoms with van der Waals surface area (Å²) in [6, 6.07) is 1.57. The number of nitrogens with zero attached hydrogens (tertiary/aromatic N) is 1. The molecule has 0 bridgehead atoms. The molecule has 20 heavy (non-hydrogen) atoms. The zero-order valence-corrected chi connectivity index (χ0v) is 13.6. The van der Waals surface area contributed by atoms with Crippen molar-refractivity contribution in [1.29, 1.82) is 0 Å². The highest BCUT2D eigenvalue weighted by molar-refractivity contribution is 7.91. The summed E-state index contributed by atoms with van der Waals surface area (Å²) in [6.07, 6.45) is 0.341. The summed E-state index contributed by atoms with van der Waals surface area (Å²) in [4.78, 5) is 11.1. The van der Waals surface area contributed by atoms with Gasteiger partial charge >= 0.3 is 5.97 Å². The standard InChI is InChI=1S/C12H16ClNO4S2/c1-7-5-10(19-11(7)13)20(17,18)14-4-3-9(12(15)16)8(2)6-14/h5,8-9H,3-4,6H2,1-2H3,(H,15,16). The summed E-state index contributed by atoms with van der Waals surface area (Å²) in [5.74, 6) is -1.53. The number of carboxylic acid groups (broad SMARTS) is 1. The van der Waals surface area contributed by atoms with Gasteiger partial charge < -0.3 is 5.11 Å². The van der Waals surface area contributed by atoms with E-state index in [4.69, 9.17) is 16.7 Å². The molecule has 112 valence electrons. The molecule has 1 fully saturated rings. The number of aryl methyl sites for hydroxylation is 1. The Morgan fingerprint density at radius 3 is 2.65 bits per heavy atom. The van der Waals surface area contributed by atoms with Crippen LogP contribution in [0.3, 0.4) is 0 Å². The largest absolute Gasteiger partial charge is 0.481 e. The molecule has 1 N–H and O–H groups in total. The zero-order valence-electron chi connectivity index (χ0n) is 11.2. The average molecular weight is 338 g/mol. The van der Waals surface area contributed by atoms with E-state index in [0.29, 0.717) is 10.8 Å². The predicted octanol–water partition coefficient (Wildman–Crippen LogP) is 2.44. The molecule has 1 aliphatic heterocycles. The number of halogens is 1. The van der Waals surface area contributed by atoms with E-state index in [0.717, 1.165) is 16.9 Å². The summed E-state index contributed by atoms with van der Waals surface area (Å²) >= 11 is 6.97. The van der Waals surface area contributed by atoms with E-state index >= 15 is 0 Å². The van der Waals surface area contributed by atoms with Gasteiger partial charge in [-0.05, 0) is 30.9 Å². The van der Waals surface area contributed by atoms with E-state index < -0.39 is 21.9 Å². The lowest BCUT2D eigenvalue weighted by atomic mass is 9.88. The van der Waals surface area contributed by atoms with Gasteiger partial charge in [-0.15, -0.1) is 11.3 Å². The molecule has 2 unspecified atom stereocenters. The number of hydrogen-bond acceptors (Lipinski definition) is 4. The Hall–Kier alpha value is -0.630. The van der Waals surface area contributed by atoms with Crippen molar-refractivity contribution < 1.29 is 18.3 Å². The third-order valence-electron chi connectivity index (χ3n) is 3.61. The van der Waals surface area contributed by atoms with Gasteiger partial charge in [0.05, 0.1) is 10.3 Å². The molecule has 0 spiro atoms. The second-order valence-corrected chi connectivity index (χ2v) is 8.91. The van der Waals surface area contributed by atoms with E-state index in [1.807, 2.05) is 0 Å². The van der Waals surface area contributed by atoms with E-state index in [1.54, 1.807) is 19.9 Å². The summed E-state index contributed by atoms with van der Waals surface area (Å²) in [5, 5.41) is 9.07. The number of carbonyl (C=O) groups is 1. The SMILES string of the molecule is Cc1cc(S(=O)(=O)N2CCC(C(=O)O)C(C)C2)sc1Cl. The maximum atomic E-state index is 12.5. The molecule has 0 amide bonds. The zero-order chi connectivity index (χ0) is 15.1. The highest BCUT2D eigenvalue weighted by atomic mass is 35.5. The molecule has 1 aliphatic rings. The quantitative estimate of drug-likeness (QED) is 0.919. The first kappa shape index (κ1) is 15.8. The maximum Gasteiger partial charge on any atom is 0.306 e. The smallest absolute Gasteiger partial charge is 0.306 e. The molecule has 0 saturated carbocycles. The molecular weight excluding hydrogens is 322 g/mol. The van der Waals surface area contributed by atoms with E-state index in [2.05, 4.69) is 0 Å². The van der Waals surface area contributed by atoms with Crippen molar-refractivity contribution in [3.8, 4) is 0 Å². The molecule has 8 heteroatoms. The molecule has 1 aromatic rings. The van der Waals surface area contributed by atoms with E-state index in [-0.39, 0.29) is 23.2 Å². The van der Waals surface area contributed by atoms with Gasteiger partial charge in [0.1, 0.15) is 4.21 Å². The first-order valence-electron chi connectivity index (χ1n) is 6.22. The summed E-state index contributed by atoms with van der Waals surface area (Å²) in [6.45, 7) is 4.00. The van der Waals surface area contributed by atoms with E-state index in [1.165, 1.54) is 4.31 Å². The van der Waals surface area contributed by atoms with Gasteiger partial charge in [0.25, 0.3) is 10.0 Å². The lowest BCUT2D eigenvalue weighted by Gasteiger charge is -2.33. The van der Waals surface area contributed by atoms with Gasteiger partial charge in [-0.1, -0.05) is 18.5 Å². The molecule has 2 atom stereocenters. The molecule has 2 heterocycles. The minimum atomic E-state index is -3.57. The second-order valence-electron chi connectivity index (χ2n) is 5.10. The van der Waals surface area contributed by atoms with Crippen molar-refractivity contribution in [2.75, 3.05) is 13.1 Å². The van der Waals surface area contributed by atoms with Crippen molar-refractivity contribution in [3.63, 3.8) is 0 Å². The highest BCUT2D eigenvalue weighted by Crippen LogP contribution is 2.34. The van der Waals surface area contributed by atoms with Gasteiger partial charge in [0.15, 0.2) is 0 Å². The first-order chi connectivity index (χ1) is 9.23. The highest BCUT2D eigenvalue weighted by Gasteiger charge is 2.37. The number of rotatable bonds is 3. The van der Waals surface area contributed by atoms with Crippen LogP contribution in [0, 0.1) is 18.8 Å². The monoisotopic (exact) mass is 337 g/mol. The Morgan fingerprint density at radius 1 is 1.55 bits per heavy atom. The van der Waals surface area contributed by atoms with Crippen LogP contribution in [0.15, 0.2) is 10.3 Å². The number of sulfonamides is 1. The molecule has 0 aromatic carbocycles. The van der Waals surface area contributed by atoms with Crippen LogP contribution in [0.25, 0.3) is 0 Å². The van der Waals surface area contributed by atoms with Crippen LogP contribution in [-0.2, 0) is 14.8 Å². The fraction of sp³-hybridized carbons (Fsp3) is 0.583.